The molecule has 0 heterocycles. The zero-order valence-electron chi connectivity index (χ0n) is 21.8. The first-order chi connectivity index (χ1) is 20.5. The predicted octanol–water partition coefficient (Wildman–Crippen LogP) is 11.2. The lowest BCUT2D eigenvalue weighted by molar-refractivity contribution is 0.104. The fraction of sp³-hybridized carbons (Fsp3) is 0. The Morgan fingerprint density at radius 1 is 0.452 bits per heavy atom. The average Bonchev–Trinajstić information content (AvgIpc) is 3.02. The molecule has 4 rings (SSSR count). The molecular formula is C29H20N12O. The summed E-state index contributed by atoms with van der Waals surface area (Å²) in [5.74, 6) is -0.161. The highest BCUT2D eigenvalue weighted by molar-refractivity contribution is 6.06. The fourth-order valence-corrected chi connectivity index (χ4v) is 3.32. The lowest BCUT2D eigenvalue weighted by Gasteiger charge is -1.97. The van der Waals surface area contributed by atoms with Crippen LogP contribution in [0.3, 0.4) is 0 Å². The van der Waals surface area contributed by atoms with Gasteiger partial charge in [-0.3, -0.25) is 4.79 Å². The van der Waals surface area contributed by atoms with Crippen LogP contribution in [0.5, 0.6) is 0 Å². The summed E-state index contributed by atoms with van der Waals surface area (Å²) in [6.07, 6.45) is 7.01. The molecule has 0 fully saturated rings. The molecular weight excluding hydrogens is 532 g/mol. The van der Waals surface area contributed by atoms with Crippen molar-refractivity contribution in [2.45, 2.75) is 0 Å². The molecule has 202 valence electrons. The molecule has 0 saturated heterocycles. The van der Waals surface area contributed by atoms with Crippen molar-refractivity contribution >= 4 is 46.8 Å². The van der Waals surface area contributed by atoms with Gasteiger partial charge in [0.1, 0.15) is 0 Å². The lowest BCUT2D eigenvalue weighted by Crippen LogP contribution is -1.92. The van der Waals surface area contributed by atoms with Crippen molar-refractivity contribution in [3.63, 3.8) is 0 Å². The summed E-state index contributed by atoms with van der Waals surface area (Å²) < 4.78 is 0. The Labute approximate surface area is 239 Å². The summed E-state index contributed by atoms with van der Waals surface area (Å²) in [4.78, 5) is 22.8. The molecule has 0 N–H and O–H groups in total. The summed E-state index contributed by atoms with van der Waals surface area (Å²) in [6.45, 7) is 0. The van der Waals surface area contributed by atoms with Crippen molar-refractivity contribution in [2.75, 3.05) is 0 Å². The Bertz CT molecular complexity index is 1700. The predicted molar refractivity (Wildman–Crippen MR) is 163 cm³/mol. The van der Waals surface area contributed by atoms with Crippen LogP contribution in [-0.4, -0.2) is 5.78 Å². The van der Waals surface area contributed by atoms with Crippen molar-refractivity contribution in [1.29, 1.82) is 0 Å². The lowest BCUT2D eigenvalue weighted by atomic mass is 10.1. The highest BCUT2D eigenvalue weighted by Crippen LogP contribution is 2.18. The number of carbonyl (C=O) groups is 1. The molecule has 0 spiro atoms. The third-order valence-corrected chi connectivity index (χ3v) is 5.37. The van der Waals surface area contributed by atoms with E-state index in [2.05, 4.69) is 40.1 Å². The smallest absolute Gasteiger partial charge is 0.185 e. The van der Waals surface area contributed by atoms with Gasteiger partial charge in [0.05, 0.1) is 0 Å². The van der Waals surface area contributed by atoms with Gasteiger partial charge in [-0.05, 0) is 44.9 Å². The fourth-order valence-electron chi connectivity index (χ4n) is 3.32. The minimum Gasteiger partial charge on any atom is -0.289 e. The summed E-state index contributed by atoms with van der Waals surface area (Å²) in [5, 5.41) is 13.9. The molecule has 0 radical (unpaired) electrons. The molecule has 4 aromatic rings. The Hall–Kier alpha value is -6.73. The minimum atomic E-state index is -0.161. The molecule has 0 unspecified atom stereocenters. The van der Waals surface area contributed by atoms with Gasteiger partial charge in [-0.1, -0.05) is 136 Å². The van der Waals surface area contributed by atoms with Gasteiger partial charge in [-0.2, -0.15) is 0 Å². The zero-order chi connectivity index (χ0) is 30.0. The number of ketones is 1. The van der Waals surface area contributed by atoms with E-state index < -0.39 is 0 Å². The second kappa shape index (κ2) is 16.3. The maximum absolute atomic E-state index is 12.0. The van der Waals surface area contributed by atoms with Crippen LogP contribution in [-0.2, 0) is 0 Å². The van der Waals surface area contributed by atoms with Crippen LogP contribution in [0.4, 0.5) is 22.7 Å². The van der Waals surface area contributed by atoms with E-state index in [4.69, 9.17) is 22.1 Å². The van der Waals surface area contributed by atoms with E-state index in [1.807, 2.05) is 36.4 Å². The molecule has 0 aliphatic heterocycles. The normalized spacial score (nSPS) is 9.81. The number of nitrogens with zero attached hydrogens (tertiary/aromatic N) is 12. The third-order valence-electron chi connectivity index (χ3n) is 5.37. The van der Waals surface area contributed by atoms with E-state index in [1.165, 1.54) is 6.08 Å². The second-order valence-electron chi connectivity index (χ2n) is 8.11. The Morgan fingerprint density at radius 3 is 1.05 bits per heavy atom. The van der Waals surface area contributed by atoms with Crippen molar-refractivity contribution in [3.05, 3.63) is 167 Å². The molecule has 0 amide bonds. The average molecular weight is 553 g/mol. The Kier molecular flexibility index (Phi) is 11.6. The van der Waals surface area contributed by atoms with Crippen LogP contribution >= 0.6 is 0 Å². The van der Waals surface area contributed by atoms with Gasteiger partial charge in [0.2, 0.25) is 0 Å². The standard InChI is InChI=1S/C15H10N6O.C14H10N6/c16-20-18-13-6-1-11(2-7-13)3-10-15(22)12-4-8-14(9-5-12)19-21-17;15-19-17-13-7-3-11(4-8-13)1-2-12-5-9-14(10-6-12)18-20-16/h1-10H;1-10H. The summed E-state index contributed by atoms with van der Waals surface area (Å²) in [5.41, 5.74) is 38.7. The SMILES string of the molecule is [N-]=[N+]=Nc1ccc(C=CC(=O)c2ccc(N=[N+]=[N-])cc2)cc1.[N-]=[N+]=Nc1ccc(C=Cc2ccc(N=[N+]=[N-])cc2)cc1. The first-order valence-corrected chi connectivity index (χ1v) is 12.1. The summed E-state index contributed by atoms with van der Waals surface area (Å²) in [7, 11) is 0. The first kappa shape index (κ1) is 29.8. The second-order valence-corrected chi connectivity index (χ2v) is 8.11. The van der Waals surface area contributed by atoms with E-state index in [-0.39, 0.29) is 5.78 Å². The molecule has 0 atom stereocenters. The third kappa shape index (κ3) is 9.86. The van der Waals surface area contributed by atoms with Crippen LogP contribution in [0.25, 0.3) is 60.0 Å². The number of allylic oxidation sites excluding steroid dienone is 1. The number of hydrogen-bond donors (Lipinski definition) is 0. The van der Waals surface area contributed by atoms with E-state index in [9.17, 15) is 4.79 Å². The minimum absolute atomic E-state index is 0.161. The summed E-state index contributed by atoms with van der Waals surface area (Å²) >= 11 is 0. The molecule has 0 aliphatic carbocycles. The molecule has 42 heavy (non-hydrogen) atoms. The van der Waals surface area contributed by atoms with E-state index in [0.717, 1.165) is 16.7 Å². The van der Waals surface area contributed by atoms with Crippen LogP contribution in [0, 0.1) is 0 Å². The monoisotopic (exact) mass is 552 g/mol. The number of carbonyl (C=O) groups excluding carboxylic acids is 1. The molecule has 13 heteroatoms. The van der Waals surface area contributed by atoms with Gasteiger partial charge in [-0.25, -0.2) is 0 Å². The maximum atomic E-state index is 12.0. The zero-order valence-corrected chi connectivity index (χ0v) is 21.8. The van der Waals surface area contributed by atoms with Crippen LogP contribution < -0.4 is 0 Å². The Morgan fingerprint density at radius 2 is 0.738 bits per heavy atom. The number of rotatable bonds is 9. The number of azide groups is 4. The number of hydrogen-bond acceptors (Lipinski definition) is 5. The van der Waals surface area contributed by atoms with Gasteiger partial charge >= 0.3 is 0 Å². The highest BCUT2D eigenvalue weighted by atomic mass is 16.1. The van der Waals surface area contributed by atoms with Crippen molar-refractivity contribution < 1.29 is 4.79 Å². The van der Waals surface area contributed by atoms with Gasteiger partial charge in [0.25, 0.3) is 0 Å². The van der Waals surface area contributed by atoms with E-state index in [0.29, 0.717) is 28.3 Å². The van der Waals surface area contributed by atoms with Crippen LogP contribution in [0.2, 0.25) is 0 Å². The molecule has 0 aliphatic rings. The molecule has 4 aromatic carbocycles. The van der Waals surface area contributed by atoms with Gasteiger partial charge in [-0.15, -0.1) is 0 Å². The molecule has 13 nitrogen and oxygen atoms in total. The molecule has 0 saturated carbocycles. The first-order valence-electron chi connectivity index (χ1n) is 12.1. The molecule has 0 bridgehead atoms. The summed E-state index contributed by atoms with van der Waals surface area (Å²) in [6, 6.07) is 27.7. The Balaban J connectivity index is 0.000000231. The maximum Gasteiger partial charge on any atom is 0.185 e. The quantitative estimate of drug-likeness (QED) is 0.0485. The van der Waals surface area contributed by atoms with E-state index >= 15 is 0 Å². The van der Waals surface area contributed by atoms with Crippen LogP contribution in [0.1, 0.15) is 27.0 Å². The number of benzene rings is 4. The van der Waals surface area contributed by atoms with Gasteiger partial charge < -0.3 is 0 Å². The van der Waals surface area contributed by atoms with Gasteiger partial charge in [0, 0.05) is 48.0 Å². The topological polar surface area (TPSA) is 212 Å². The van der Waals surface area contributed by atoms with Crippen molar-refractivity contribution in [3.8, 4) is 0 Å². The highest BCUT2D eigenvalue weighted by Gasteiger charge is 2.01. The van der Waals surface area contributed by atoms with E-state index in [1.54, 1.807) is 78.9 Å². The van der Waals surface area contributed by atoms with Crippen LogP contribution in [0.15, 0.2) is 124 Å². The van der Waals surface area contributed by atoms with Crippen molar-refractivity contribution in [1.82, 2.24) is 0 Å². The van der Waals surface area contributed by atoms with Crippen molar-refractivity contribution in [2.24, 2.45) is 20.5 Å². The molecule has 0 aromatic heterocycles. The van der Waals surface area contributed by atoms with Gasteiger partial charge in [0.15, 0.2) is 5.78 Å². The largest absolute Gasteiger partial charge is 0.289 e.